The molecule has 19 heavy (non-hydrogen) atoms. The summed E-state index contributed by atoms with van der Waals surface area (Å²) in [6.45, 7) is 1.66. The zero-order valence-corrected chi connectivity index (χ0v) is 11.0. The zero-order chi connectivity index (χ0) is 13.2. The van der Waals surface area contributed by atoms with Crippen LogP contribution >= 0.6 is 11.6 Å². The van der Waals surface area contributed by atoms with Crippen LogP contribution in [-0.2, 0) is 13.0 Å². The molecular weight excluding hydrogens is 262 g/mol. The third-order valence-corrected chi connectivity index (χ3v) is 3.32. The summed E-state index contributed by atoms with van der Waals surface area (Å²) in [6.07, 6.45) is 0.872. The molecule has 0 bridgehead atoms. The Morgan fingerprint density at radius 2 is 2.00 bits per heavy atom. The number of aromatic nitrogens is 2. The molecule has 0 saturated heterocycles. The fourth-order valence-corrected chi connectivity index (χ4v) is 2.21. The highest BCUT2D eigenvalue weighted by Crippen LogP contribution is 2.22. The Balaban J connectivity index is 1.89. The first kappa shape index (κ1) is 12.2. The maximum atomic E-state index is 5.97. The highest BCUT2D eigenvalue weighted by molar-refractivity contribution is 6.30. The SMILES string of the molecule is Nc1nc(Nc2ccc(Cl)cc2)nc2c1CNCC2. The maximum Gasteiger partial charge on any atom is 0.229 e. The van der Waals surface area contributed by atoms with Gasteiger partial charge in [-0.1, -0.05) is 11.6 Å². The second-order valence-corrected chi connectivity index (χ2v) is 4.85. The average Bonchev–Trinajstić information content (AvgIpc) is 2.42. The zero-order valence-electron chi connectivity index (χ0n) is 10.3. The van der Waals surface area contributed by atoms with E-state index in [4.69, 9.17) is 17.3 Å². The van der Waals surface area contributed by atoms with Gasteiger partial charge in [-0.3, -0.25) is 0 Å². The largest absolute Gasteiger partial charge is 0.383 e. The molecule has 0 amide bonds. The molecule has 5 nitrogen and oxygen atoms in total. The highest BCUT2D eigenvalue weighted by atomic mass is 35.5. The maximum absolute atomic E-state index is 5.97. The van der Waals surface area contributed by atoms with Crippen LogP contribution in [-0.4, -0.2) is 16.5 Å². The van der Waals surface area contributed by atoms with Crippen LogP contribution in [0.15, 0.2) is 24.3 Å². The summed E-state index contributed by atoms with van der Waals surface area (Å²) in [6, 6.07) is 7.39. The summed E-state index contributed by atoms with van der Waals surface area (Å²) in [5, 5.41) is 7.10. The van der Waals surface area contributed by atoms with Gasteiger partial charge in [0.15, 0.2) is 0 Å². The summed E-state index contributed by atoms with van der Waals surface area (Å²) in [7, 11) is 0. The number of fused-ring (bicyclic) bond motifs is 1. The van der Waals surface area contributed by atoms with E-state index in [1.54, 1.807) is 0 Å². The van der Waals surface area contributed by atoms with Crippen molar-refractivity contribution >= 4 is 29.1 Å². The van der Waals surface area contributed by atoms with E-state index < -0.39 is 0 Å². The minimum Gasteiger partial charge on any atom is -0.383 e. The number of nitrogen functional groups attached to an aromatic ring is 1. The Bertz CT molecular complexity index is 597. The first-order chi connectivity index (χ1) is 9.22. The van der Waals surface area contributed by atoms with Crippen molar-refractivity contribution in [2.24, 2.45) is 0 Å². The van der Waals surface area contributed by atoms with Crippen molar-refractivity contribution in [2.45, 2.75) is 13.0 Å². The summed E-state index contributed by atoms with van der Waals surface area (Å²) >= 11 is 5.85. The third kappa shape index (κ3) is 2.62. The smallest absolute Gasteiger partial charge is 0.229 e. The quantitative estimate of drug-likeness (QED) is 0.783. The predicted octanol–water partition coefficient (Wildman–Crippen LogP) is 2.10. The normalized spacial score (nSPS) is 13.9. The van der Waals surface area contributed by atoms with Gasteiger partial charge in [0.1, 0.15) is 5.82 Å². The van der Waals surface area contributed by atoms with E-state index in [0.29, 0.717) is 16.8 Å². The van der Waals surface area contributed by atoms with Gasteiger partial charge in [-0.25, -0.2) is 4.98 Å². The van der Waals surface area contributed by atoms with Crippen LogP contribution in [0.3, 0.4) is 0 Å². The lowest BCUT2D eigenvalue weighted by Crippen LogP contribution is -2.26. The van der Waals surface area contributed by atoms with Crippen LogP contribution in [0.4, 0.5) is 17.5 Å². The molecule has 0 fully saturated rings. The van der Waals surface area contributed by atoms with Crippen molar-refractivity contribution in [1.29, 1.82) is 0 Å². The van der Waals surface area contributed by atoms with E-state index in [0.717, 1.165) is 36.5 Å². The van der Waals surface area contributed by atoms with E-state index in [2.05, 4.69) is 20.6 Å². The summed E-state index contributed by atoms with van der Waals surface area (Å²) in [5.41, 5.74) is 8.88. The lowest BCUT2D eigenvalue weighted by atomic mass is 10.1. The van der Waals surface area contributed by atoms with E-state index in [9.17, 15) is 0 Å². The van der Waals surface area contributed by atoms with E-state index in [1.807, 2.05) is 24.3 Å². The van der Waals surface area contributed by atoms with Gasteiger partial charge in [-0.2, -0.15) is 4.98 Å². The van der Waals surface area contributed by atoms with Gasteiger partial charge in [-0.05, 0) is 24.3 Å². The molecule has 98 valence electrons. The number of anilines is 3. The van der Waals surface area contributed by atoms with Gasteiger partial charge in [0.25, 0.3) is 0 Å². The van der Waals surface area contributed by atoms with Crippen LogP contribution in [0, 0.1) is 0 Å². The molecule has 0 radical (unpaired) electrons. The van der Waals surface area contributed by atoms with Crippen LogP contribution in [0.1, 0.15) is 11.3 Å². The number of nitrogens with two attached hydrogens (primary N) is 1. The Morgan fingerprint density at radius 3 is 2.79 bits per heavy atom. The molecule has 0 saturated carbocycles. The number of benzene rings is 1. The van der Waals surface area contributed by atoms with Gasteiger partial charge in [0.2, 0.25) is 5.95 Å². The Hall–Kier alpha value is -1.85. The average molecular weight is 276 g/mol. The van der Waals surface area contributed by atoms with Gasteiger partial charge in [-0.15, -0.1) is 0 Å². The monoisotopic (exact) mass is 275 g/mol. The second-order valence-electron chi connectivity index (χ2n) is 4.42. The van der Waals surface area contributed by atoms with E-state index >= 15 is 0 Å². The first-order valence-corrected chi connectivity index (χ1v) is 6.49. The molecule has 1 aliphatic heterocycles. The summed E-state index contributed by atoms with van der Waals surface area (Å²) in [5.74, 6) is 1.06. The van der Waals surface area contributed by atoms with Crippen molar-refractivity contribution in [2.75, 3.05) is 17.6 Å². The number of halogens is 1. The van der Waals surface area contributed by atoms with Gasteiger partial charge in [0, 0.05) is 35.8 Å². The van der Waals surface area contributed by atoms with Gasteiger partial charge < -0.3 is 16.4 Å². The molecule has 0 aliphatic carbocycles. The molecule has 2 aromatic rings. The number of hydrogen-bond acceptors (Lipinski definition) is 5. The topological polar surface area (TPSA) is 75.9 Å². The number of rotatable bonds is 2. The Kier molecular flexibility index (Phi) is 3.23. The second kappa shape index (κ2) is 5.03. The fourth-order valence-electron chi connectivity index (χ4n) is 2.09. The summed E-state index contributed by atoms with van der Waals surface area (Å²) in [4.78, 5) is 8.80. The van der Waals surface area contributed by atoms with Crippen molar-refractivity contribution in [3.05, 3.63) is 40.5 Å². The van der Waals surface area contributed by atoms with Crippen molar-refractivity contribution in [3.63, 3.8) is 0 Å². The molecule has 1 aliphatic rings. The minimum absolute atomic E-state index is 0.528. The number of nitrogens with one attached hydrogen (secondary N) is 2. The fraction of sp³-hybridized carbons (Fsp3) is 0.231. The first-order valence-electron chi connectivity index (χ1n) is 6.11. The molecule has 0 spiro atoms. The number of hydrogen-bond donors (Lipinski definition) is 3. The molecule has 1 aromatic heterocycles. The molecule has 4 N–H and O–H groups in total. The standard InChI is InChI=1S/C13H14ClN5/c14-8-1-3-9(4-2-8)17-13-18-11-5-6-16-7-10(11)12(15)19-13/h1-4,16H,5-7H2,(H3,15,17,18,19). The molecule has 0 atom stereocenters. The molecular formula is C13H14ClN5. The van der Waals surface area contributed by atoms with Crippen molar-refractivity contribution < 1.29 is 0 Å². The van der Waals surface area contributed by atoms with Gasteiger partial charge >= 0.3 is 0 Å². The highest BCUT2D eigenvalue weighted by Gasteiger charge is 2.15. The van der Waals surface area contributed by atoms with Gasteiger partial charge in [0.05, 0.1) is 5.69 Å². The predicted molar refractivity (Wildman–Crippen MR) is 76.6 cm³/mol. The van der Waals surface area contributed by atoms with E-state index in [-0.39, 0.29) is 0 Å². The molecule has 1 aromatic carbocycles. The van der Waals surface area contributed by atoms with Crippen molar-refractivity contribution in [3.8, 4) is 0 Å². The lowest BCUT2D eigenvalue weighted by Gasteiger charge is -2.18. The molecule has 6 heteroatoms. The van der Waals surface area contributed by atoms with Crippen LogP contribution in [0.2, 0.25) is 5.02 Å². The molecule has 0 unspecified atom stereocenters. The number of nitrogens with zero attached hydrogens (tertiary/aromatic N) is 2. The van der Waals surface area contributed by atoms with Crippen LogP contribution < -0.4 is 16.4 Å². The Morgan fingerprint density at radius 1 is 1.21 bits per heavy atom. The third-order valence-electron chi connectivity index (χ3n) is 3.07. The minimum atomic E-state index is 0.528. The van der Waals surface area contributed by atoms with Crippen LogP contribution in [0.5, 0.6) is 0 Å². The van der Waals surface area contributed by atoms with Crippen molar-refractivity contribution in [1.82, 2.24) is 15.3 Å². The lowest BCUT2D eigenvalue weighted by molar-refractivity contribution is 0.629. The Labute approximate surface area is 116 Å². The van der Waals surface area contributed by atoms with E-state index in [1.165, 1.54) is 0 Å². The van der Waals surface area contributed by atoms with Crippen LogP contribution in [0.25, 0.3) is 0 Å². The molecule has 3 rings (SSSR count). The summed E-state index contributed by atoms with van der Waals surface area (Å²) < 4.78 is 0. The molecule has 2 heterocycles.